The van der Waals surface area contributed by atoms with Gasteiger partial charge in [-0.3, -0.25) is 0 Å². The van der Waals surface area contributed by atoms with Crippen molar-refractivity contribution in [2.75, 3.05) is 13.1 Å². The molecule has 0 spiro atoms. The van der Waals surface area contributed by atoms with E-state index in [0.29, 0.717) is 5.41 Å². The van der Waals surface area contributed by atoms with E-state index >= 15 is 0 Å². The minimum Gasteiger partial charge on any atom is -0.330 e. The van der Waals surface area contributed by atoms with Crippen molar-refractivity contribution in [1.29, 1.82) is 0 Å². The summed E-state index contributed by atoms with van der Waals surface area (Å²) < 4.78 is 0. The highest BCUT2D eigenvalue weighted by Crippen LogP contribution is 2.42. The molecule has 0 saturated heterocycles. The van der Waals surface area contributed by atoms with Crippen molar-refractivity contribution in [2.45, 2.75) is 57.9 Å². The van der Waals surface area contributed by atoms with E-state index in [1.807, 2.05) is 0 Å². The molecule has 15 heavy (non-hydrogen) atoms. The van der Waals surface area contributed by atoms with Crippen molar-refractivity contribution >= 4 is 0 Å². The molecule has 0 heterocycles. The average Bonchev–Trinajstić information content (AvgIpc) is 2.56. The molecule has 2 unspecified atom stereocenters. The van der Waals surface area contributed by atoms with Gasteiger partial charge in [0, 0.05) is 6.04 Å². The lowest BCUT2D eigenvalue weighted by atomic mass is 9.67. The summed E-state index contributed by atoms with van der Waals surface area (Å²) in [6.45, 7) is 4.46. The molecule has 2 heteroatoms. The van der Waals surface area contributed by atoms with E-state index in [9.17, 15) is 0 Å². The van der Waals surface area contributed by atoms with E-state index in [1.165, 1.54) is 51.5 Å². The molecule has 2 rings (SSSR count). The quantitative estimate of drug-likeness (QED) is 0.730. The first-order valence-electron chi connectivity index (χ1n) is 6.68. The molecular weight excluding hydrogens is 184 g/mol. The zero-order chi connectivity index (χ0) is 10.7. The van der Waals surface area contributed by atoms with Gasteiger partial charge in [-0.2, -0.15) is 0 Å². The summed E-state index contributed by atoms with van der Waals surface area (Å²) in [5.41, 5.74) is 6.38. The van der Waals surface area contributed by atoms with E-state index in [0.717, 1.165) is 18.5 Å². The normalized spacial score (nSPS) is 34.0. The smallest absolute Gasteiger partial charge is 0.00697 e. The summed E-state index contributed by atoms with van der Waals surface area (Å²) in [5.74, 6) is 0.940. The fourth-order valence-corrected chi connectivity index (χ4v) is 3.17. The minimum absolute atomic E-state index is 0.525. The fraction of sp³-hybridized carbons (Fsp3) is 1.00. The average molecular weight is 210 g/mol. The molecule has 2 nitrogen and oxygen atoms in total. The Morgan fingerprint density at radius 3 is 2.60 bits per heavy atom. The lowest BCUT2D eigenvalue weighted by Crippen LogP contribution is -2.41. The monoisotopic (exact) mass is 210 g/mol. The first-order chi connectivity index (χ1) is 7.24. The molecule has 0 bridgehead atoms. The summed E-state index contributed by atoms with van der Waals surface area (Å²) >= 11 is 0. The Labute approximate surface area is 94.0 Å². The Balaban J connectivity index is 1.62. The Morgan fingerprint density at radius 1 is 1.33 bits per heavy atom. The van der Waals surface area contributed by atoms with E-state index in [-0.39, 0.29) is 0 Å². The molecule has 2 atom stereocenters. The maximum Gasteiger partial charge on any atom is 0.00697 e. The van der Waals surface area contributed by atoms with Gasteiger partial charge in [0.1, 0.15) is 0 Å². The second-order valence-electron chi connectivity index (χ2n) is 5.88. The molecule has 2 fully saturated rings. The standard InChI is InChI=1S/C13H26N2/c1-11-3-4-12(9-11)15-8-7-13(10-14)5-2-6-13/h11-12,15H,2-10,14H2,1H3. The summed E-state index contributed by atoms with van der Waals surface area (Å²) in [4.78, 5) is 0. The van der Waals surface area contributed by atoms with Gasteiger partial charge in [-0.1, -0.05) is 13.3 Å². The lowest BCUT2D eigenvalue weighted by Gasteiger charge is -2.41. The van der Waals surface area contributed by atoms with E-state index in [2.05, 4.69) is 12.2 Å². The topological polar surface area (TPSA) is 38.0 Å². The minimum atomic E-state index is 0.525. The number of nitrogens with one attached hydrogen (secondary N) is 1. The second kappa shape index (κ2) is 4.84. The van der Waals surface area contributed by atoms with Crippen LogP contribution >= 0.6 is 0 Å². The number of rotatable bonds is 5. The Kier molecular flexibility index (Phi) is 3.68. The summed E-state index contributed by atoms with van der Waals surface area (Å²) in [6.07, 6.45) is 9.62. The van der Waals surface area contributed by atoms with E-state index < -0.39 is 0 Å². The van der Waals surface area contributed by atoms with Crippen LogP contribution in [0.3, 0.4) is 0 Å². The molecular formula is C13H26N2. The van der Waals surface area contributed by atoms with Crippen LogP contribution < -0.4 is 11.1 Å². The first-order valence-corrected chi connectivity index (χ1v) is 6.68. The van der Waals surface area contributed by atoms with Crippen LogP contribution in [0.15, 0.2) is 0 Å². The highest BCUT2D eigenvalue weighted by Gasteiger charge is 2.35. The largest absolute Gasteiger partial charge is 0.330 e. The van der Waals surface area contributed by atoms with Crippen LogP contribution in [0.5, 0.6) is 0 Å². The van der Waals surface area contributed by atoms with Gasteiger partial charge in [-0.25, -0.2) is 0 Å². The molecule has 0 amide bonds. The van der Waals surface area contributed by atoms with Crippen LogP contribution in [0.4, 0.5) is 0 Å². The molecule has 0 aromatic heterocycles. The molecule has 88 valence electrons. The molecule has 3 N–H and O–H groups in total. The van der Waals surface area contributed by atoms with Crippen molar-refractivity contribution in [3.05, 3.63) is 0 Å². The lowest BCUT2D eigenvalue weighted by molar-refractivity contribution is 0.129. The highest BCUT2D eigenvalue weighted by atomic mass is 14.9. The van der Waals surface area contributed by atoms with Crippen molar-refractivity contribution < 1.29 is 0 Å². The first kappa shape index (κ1) is 11.4. The van der Waals surface area contributed by atoms with Crippen LogP contribution in [-0.4, -0.2) is 19.1 Å². The zero-order valence-electron chi connectivity index (χ0n) is 10.1. The second-order valence-corrected chi connectivity index (χ2v) is 5.88. The predicted molar refractivity (Wildman–Crippen MR) is 64.8 cm³/mol. The van der Waals surface area contributed by atoms with Crippen LogP contribution in [-0.2, 0) is 0 Å². The van der Waals surface area contributed by atoms with Gasteiger partial charge >= 0.3 is 0 Å². The molecule has 0 aromatic carbocycles. The van der Waals surface area contributed by atoms with Crippen molar-refractivity contribution in [3.63, 3.8) is 0 Å². The zero-order valence-corrected chi connectivity index (χ0v) is 10.1. The third-order valence-electron chi connectivity index (χ3n) is 4.63. The van der Waals surface area contributed by atoms with Crippen molar-refractivity contribution in [1.82, 2.24) is 5.32 Å². The fourth-order valence-electron chi connectivity index (χ4n) is 3.17. The maximum atomic E-state index is 5.86. The number of nitrogens with two attached hydrogens (primary N) is 1. The van der Waals surface area contributed by atoms with Crippen molar-refractivity contribution in [2.24, 2.45) is 17.1 Å². The molecule has 0 aliphatic heterocycles. The molecule has 0 aromatic rings. The molecule has 2 aliphatic rings. The van der Waals surface area contributed by atoms with Crippen LogP contribution in [0, 0.1) is 11.3 Å². The van der Waals surface area contributed by atoms with Crippen LogP contribution in [0.2, 0.25) is 0 Å². The van der Waals surface area contributed by atoms with Gasteiger partial charge in [0.15, 0.2) is 0 Å². The van der Waals surface area contributed by atoms with Gasteiger partial charge in [0.2, 0.25) is 0 Å². The SMILES string of the molecule is CC1CCC(NCCC2(CN)CCC2)C1. The highest BCUT2D eigenvalue weighted by molar-refractivity contribution is 4.89. The number of hydrogen-bond acceptors (Lipinski definition) is 2. The molecule has 2 saturated carbocycles. The third-order valence-corrected chi connectivity index (χ3v) is 4.63. The van der Waals surface area contributed by atoms with E-state index in [1.54, 1.807) is 0 Å². The van der Waals surface area contributed by atoms with Crippen molar-refractivity contribution in [3.8, 4) is 0 Å². The Hall–Kier alpha value is -0.0800. The Morgan fingerprint density at radius 2 is 2.13 bits per heavy atom. The van der Waals surface area contributed by atoms with Crippen LogP contribution in [0.25, 0.3) is 0 Å². The molecule has 2 aliphatic carbocycles. The summed E-state index contributed by atoms with van der Waals surface area (Å²) in [6, 6.07) is 0.801. The molecule has 0 radical (unpaired) electrons. The van der Waals surface area contributed by atoms with E-state index in [4.69, 9.17) is 5.73 Å². The van der Waals surface area contributed by atoms with Gasteiger partial charge in [-0.05, 0) is 62.9 Å². The Bertz CT molecular complexity index is 193. The predicted octanol–water partition coefficient (Wildman–Crippen LogP) is 2.28. The van der Waals surface area contributed by atoms with Gasteiger partial charge in [0.25, 0.3) is 0 Å². The third kappa shape index (κ3) is 2.73. The summed E-state index contributed by atoms with van der Waals surface area (Å²) in [5, 5.41) is 3.71. The van der Waals surface area contributed by atoms with Gasteiger partial charge in [0.05, 0.1) is 0 Å². The van der Waals surface area contributed by atoms with Crippen LogP contribution in [0.1, 0.15) is 51.9 Å². The number of hydrogen-bond donors (Lipinski definition) is 2. The maximum absolute atomic E-state index is 5.86. The van der Waals surface area contributed by atoms with Gasteiger partial charge in [-0.15, -0.1) is 0 Å². The summed E-state index contributed by atoms with van der Waals surface area (Å²) in [7, 11) is 0. The van der Waals surface area contributed by atoms with Gasteiger partial charge < -0.3 is 11.1 Å².